The molecular formula is C22H31NO3S2. The molecule has 0 atom stereocenters. The molecule has 3 aromatic rings. The molecule has 1 amide bonds. The first-order valence-electron chi connectivity index (χ1n) is 9.66. The van der Waals surface area contributed by atoms with Crippen LogP contribution in [0.25, 0.3) is 16.4 Å². The third kappa shape index (κ3) is 7.26. The monoisotopic (exact) mass is 421 g/mol. The van der Waals surface area contributed by atoms with Crippen LogP contribution in [0, 0.1) is 6.92 Å². The Morgan fingerprint density at radius 2 is 2.07 bits per heavy atom. The Bertz CT molecular complexity index is 845. The topological polar surface area (TPSA) is 65.5 Å². The summed E-state index contributed by atoms with van der Waals surface area (Å²) in [6, 6.07) is 5.94. The molecular weight excluding hydrogens is 390 g/mol. The Hall–Kier alpha value is -1.89. The number of rotatable bonds is 7. The number of carbonyl (C=O) groups is 1. The van der Waals surface area contributed by atoms with Crippen molar-refractivity contribution in [3.63, 3.8) is 0 Å². The van der Waals surface area contributed by atoms with Gasteiger partial charge in [0.2, 0.25) is 0 Å². The van der Waals surface area contributed by atoms with Gasteiger partial charge in [-0.05, 0) is 31.2 Å². The maximum absolute atomic E-state index is 11.1. The summed E-state index contributed by atoms with van der Waals surface area (Å²) in [5.74, 6) is -0.333. The van der Waals surface area contributed by atoms with Crippen LogP contribution in [0.2, 0.25) is 0 Å². The Morgan fingerprint density at radius 3 is 2.61 bits per heavy atom. The van der Waals surface area contributed by atoms with Crippen LogP contribution in [0.1, 0.15) is 60.0 Å². The van der Waals surface area contributed by atoms with Crippen molar-refractivity contribution in [3.8, 4) is 0 Å². The van der Waals surface area contributed by atoms with Gasteiger partial charge in [0.25, 0.3) is 5.91 Å². The molecule has 0 aromatic carbocycles. The molecule has 3 aromatic heterocycles. The van der Waals surface area contributed by atoms with Crippen molar-refractivity contribution in [2.24, 2.45) is 5.73 Å². The van der Waals surface area contributed by atoms with Crippen LogP contribution in [0.5, 0.6) is 0 Å². The molecule has 0 saturated heterocycles. The van der Waals surface area contributed by atoms with Crippen LogP contribution >= 0.6 is 22.7 Å². The van der Waals surface area contributed by atoms with Crippen molar-refractivity contribution in [3.05, 3.63) is 50.7 Å². The third-order valence-corrected chi connectivity index (χ3v) is 5.67. The van der Waals surface area contributed by atoms with Crippen LogP contribution < -0.4 is 5.73 Å². The summed E-state index contributed by atoms with van der Waals surface area (Å²) in [6.45, 7) is 11.6. The Balaban J connectivity index is 0.000000363. The normalized spacial score (nSPS) is 10.5. The van der Waals surface area contributed by atoms with E-state index >= 15 is 0 Å². The Kier molecular flexibility index (Phi) is 11.5. The quantitative estimate of drug-likeness (QED) is 0.433. The summed E-state index contributed by atoms with van der Waals surface area (Å²) >= 11 is 3.41. The van der Waals surface area contributed by atoms with E-state index in [0.717, 1.165) is 33.8 Å². The number of aryl methyl sites for hydroxylation is 2. The SMILES string of the molecule is CC.CCCOC/C=C\c1c(C)sc2cc(C(N)=O)oc12.CCc1cccs1. The minimum Gasteiger partial charge on any atom is -0.449 e. The van der Waals surface area contributed by atoms with Crippen molar-refractivity contribution in [2.45, 2.75) is 47.5 Å². The summed E-state index contributed by atoms with van der Waals surface area (Å²) in [7, 11) is 0. The van der Waals surface area contributed by atoms with E-state index in [2.05, 4.69) is 31.4 Å². The molecule has 4 nitrogen and oxygen atoms in total. The van der Waals surface area contributed by atoms with Gasteiger partial charge in [-0.1, -0.05) is 45.9 Å². The van der Waals surface area contributed by atoms with E-state index in [1.165, 1.54) is 11.3 Å². The number of carbonyl (C=O) groups excluding carboxylic acids is 1. The molecule has 0 aliphatic rings. The van der Waals surface area contributed by atoms with E-state index in [4.69, 9.17) is 14.9 Å². The largest absolute Gasteiger partial charge is 0.449 e. The van der Waals surface area contributed by atoms with Crippen molar-refractivity contribution in [1.29, 1.82) is 0 Å². The number of fused-ring (bicyclic) bond motifs is 1. The van der Waals surface area contributed by atoms with E-state index in [-0.39, 0.29) is 5.76 Å². The first-order valence-corrected chi connectivity index (χ1v) is 11.4. The third-order valence-electron chi connectivity index (χ3n) is 3.60. The zero-order valence-electron chi connectivity index (χ0n) is 17.4. The predicted molar refractivity (Wildman–Crippen MR) is 123 cm³/mol. The number of amides is 1. The lowest BCUT2D eigenvalue weighted by molar-refractivity contribution is 0.0976. The maximum Gasteiger partial charge on any atom is 0.284 e. The summed E-state index contributed by atoms with van der Waals surface area (Å²) < 4.78 is 11.8. The highest BCUT2D eigenvalue weighted by molar-refractivity contribution is 7.19. The molecule has 0 aliphatic carbocycles. The second kappa shape index (κ2) is 13.3. The van der Waals surface area contributed by atoms with Gasteiger partial charge in [-0.3, -0.25) is 4.79 Å². The van der Waals surface area contributed by atoms with E-state index in [0.29, 0.717) is 6.61 Å². The van der Waals surface area contributed by atoms with Gasteiger partial charge in [-0.2, -0.15) is 0 Å². The van der Waals surface area contributed by atoms with E-state index in [1.807, 2.05) is 44.3 Å². The lowest BCUT2D eigenvalue weighted by Crippen LogP contribution is -2.09. The molecule has 154 valence electrons. The molecule has 6 heteroatoms. The number of ether oxygens (including phenoxy) is 1. The number of primary amides is 1. The highest BCUT2D eigenvalue weighted by Crippen LogP contribution is 2.34. The van der Waals surface area contributed by atoms with Crippen LogP contribution in [0.3, 0.4) is 0 Å². The molecule has 0 unspecified atom stereocenters. The second-order valence-corrected chi connectivity index (χ2v) is 7.94. The lowest BCUT2D eigenvalue weighted by Gasteiger charge is -1.96. The number of hydrogen-bond donors (Lipinski definition) is 1. The van der Waals surface area contributed by atoms with Crippen LogP contribution in [-0.4, -0.2) is 19.1 Å². The molecule has 3 rings (SSSR count). The van der Waals surface area contributed by atoms with Crippen molar-refractivity contribution in [1.82, 2.24) is 0 Å². The van der Waals surface area contributed by atoms with Gasteiger partial charge < -0.3 is 14.9 Å². The van der Waals surface area contributed by atoms with Gasteiger partial charge in [0.05, 0.1) is 11.3 Å². The average Bonchev–Trinajstić information content (AvgIpc) is 3.41. The Morgan fingerprint density at radius 1 is 1.32 bits per heavy atom. The molecule has 0 fully saturated rings. The summed E-state index contributed by atoms with van der Waals surface area (Å²) in [5, 5.41) is 2.11. The van der Waals surface area contributed by atoms with Crippen molar-refractivity contribution >= 4 is 44.9 Å². The standard InChI is InChI=1S/C14H17NO3S.C6H8S.C2H6/c1-3-6-17-7-4-5-10-9(2)19-12-8-11(14(15)16)18-13(10)12;1-2-6-4-3-5-7-6;1-2/h4-5,8H,3,6-7H2,1-2H3,(H2,15,16);3-5H,2H2,1H3;1-2H3/b5-4-;;. The van der Waals surface area contributed by atoms with E-state index < -0.39 is 5.91 Å². The second-order valence-electron chi connectivity index (χ2n) is 5.65. The molecule has 3 heterocycles. The number of furan rings is 1. The minimum atomic E-state index is -0.540. The fourth-order valence-electron chi connectivity index (χ4n) is 2.31. The molecule has 0 saturated carbocycles. The van der Waals surface area contributed by atoms with Gasteiger partial charge in [-0.15, -0.1) is 22.7 Å². The molecule has 0 aliphatic heterocycles. The number of thiophene rings is 2. The molecule has 28 heavy (non-hydrogen) atoms. The zero-order valence-corrected chi connectivity index (χ0v) is 19.0. The fraction of sp³-hybridized carbons (Fsp3) is 0.409. The smallest absolute Gasteiger partial charge is 0.284 e. The maximum atomic E-state index is 11.1. The zero-order chi connectivity index (χ0) is 20.9. The van der Waals surface area contributed by atoms with Gasteiger partial charge in [0, 0.05) is 28.0 Å². The number of nitrogens with two attached hydrogens (primary N) is 1. The van der Waals surface area contributed by atoms with E-state index in [1.54, 1.807) is 17.4 Å². The van der Waals surface area contributed by atoms with Gasteiger partial charge in [0.15, 0.2) is 11.3 Å². The first-order chi connectivity index (χ1) is 13.6. The van der Waals surface area contributed by atoms with Crippen molar-refractivity contribution in [2.75, 3.05) is 13.2 Å². The fourth-order valence-corrected chi connectivity index (χ4v) is 3.97. The van der Waals surface area contributed by atoms with Gasteiger partial charge in [0.1, 0.15) is 0 Å². The van der Waals surface area contributed by atoms with Crippen molar-refractivity contribution < 1.29 is 13.9 Å². The summed E-state index contributed by atoms with van der Waals surface area (Å²) in [5.41, 5.74) is 6.93. The van der Waals surface area contributed by atoms with Crippen LogP contribution in [0.4, 0.5) is 0 Å². The molecule has 0 bridgehead atoms. The summed E-state index contributed by atoms with van der Waals surface area (Å²) in [4.78, 5) is 13.7. The van der Waals surface area contributed by atoms with Crippen LogP contribution in [0.15, 0.2) is 34.1 Å². The highest BCUT2D eigenvalue weighted by Gasteiger charge is 2.15. The van der Waals surface area contributed by atoms with Gasteiger partial charge >= 0.3 is 0 Å². The Labute approximate surface area is 176 Å². The van der Waals surface area contributed by atoms with Gasteiger partial charge in [-0.25, -0.2) is 0 Å². The minimum absolute atomic E-state index is 0.207. The summed E-state index contributed by atoms with van der Waals surface area (Å²) in [6.07, 6.45) is 6.11. The highest BCUT2D eigenvalue weighted by atomic mass is 32.1. The molecule has 0 radical (unpaired) electrons. The predicted octanol–water partition coefficient (Wildman–Crippen LogP) is 6.68. The van der Waals surface area contributed by atoms with E-state index in [9.17, 15) is 4.79 Å². The van der Waals surface area contributed by atoms with Crippen LogP contribution in [-0.2, 0) is 11.2 Å². The molecule has 2 N–H and O–H groups in total. The molecule has 0 spiro atoms. The lowest BCUT2D eigenvalue weighted by atomic mass is 10.2. The average molecular weight is 422 g/mol. The number of hydrogen-bond acceptors (Lipinski definition) is 5. The first kappa shape index (κ1) is 24.1.